The molecule has 2 fully saturated rings. The first-order valence-corrected chi connectivity index (χ1v) is 12.8. The third kappa shape index (κ3) is 4.58. The van der Waals surface area contributed by atoms with Gasteiger partial charge in [-0.3, -0.25) is 9.80 Å². The molecule has 2 aliphatic heterocycles. The molecule has 6 heteroatoms. The van der Waals surface area contributed by atoms with Crippen molar-refractivity contribution in [2.75, 3.05) is 52.4 Å². The quantitative estimate of drug-likeness (QED) is 0.632. The fourth-order valence-corrected chi connectivity index (χ4v) is 5.98. The summed E-state index contributed by atoms with van der Waals surface area (Å²) in [5.41, 5.74) is 5.33. The first kappa shape index (κ1) is 23.3. The average molecular weight is 465 g/mol. The molecule has 5 nitrogen and oxygen atoms in total. The first-order valence-electron chi connectivity index (χ1n) is 12.8. The minimum atomic E-state index is -0.175. The molecule has 2 atom stereocenters. The van der Waals surface area contributed by atoms with Crippen LogP contribution in [0.4, 0.5) is 9.18 Å². The fourth-order valence-electron chi connectivity index (χ4n) is 5.98. The molecular weight excluding hydrogens is 427 g/mol. The maximum absolute atomic E-state index is 13.5. The number of halogens is 1. The van der Waals surface area contributed by atoms with Crippen molar-refractivity contribution in [2.45, 2.75) is 45.2 Å². The summed E-state index contributed by atoms with van der Waals surface area (Å²) < 4.78 is 13.5. The normalized spacial score (nSPS) is 23.9. The molecule has 3 aliphatic rings. The lowest BCUT2D eigenvalue weighted by Crippen LogP contribution is -2.49. The summed E-state index contributed by atoms with van der Waals surface area (Å²) in [7, 11) is 0. The third-order valence-electron chi connectivity index (χ3n) is 7.99. The van der Waals surface area contributed by atoms with Crippen LogP contribution in [0, 0.1) is 12.7 Å². The van der Waals surface area contributed by atoms with Crippen LogP contribution in [0.3, 0.4) is 0 Å². The van der Waals surface area contributed by atoms with E-state index in [1.807, 2.05) is 21.9 Å². The van der Waals surface area contributed by atoms with Gasteiger partial charge in [-0.2, -0.15) is 0 Å². The van der Waals surface area contributed by atoms with E-state index >= 15 is 0 Å². The van der Waals surface area contributed by atoms with Crippen LogP contribution in [0.1, 0.15) is 54.5 Å². The average Bonchev–Trinajstić information content (AvgIpc) is 3.39. The lowest BCUT2D eigenvalue weighted by Gasteiger charge is -2.39. The molecule has 0 spiro atoms. The van der Waals surface area contributed by atoms with Crippen molar-refractivity contribution in [2.24, 2.45) is 0 Å². The minimum Gasteiger partial charge on any atom is -0.322 e. The maximum atomic E-state index is 13.5. The van der Waals surface area contributed by atoms with E-state index < -0.39 is 0 Å². The molecule has 0 radical (unpaired) electrons. The van der Waals surface area contributed by atoms with Gasteiger partial charge in [-0.25, -0.2) is 9.18 Å². The molecule has 2 aromatic rings. The van der Waals surface area contributed by atoms with Crippen LogP contribution < -0.4 is 0 Å². The summed E-state index contributed by atoms with van der Waals surface area (Å²) in [5.74, 6) is 0.148. The third-order valence-corrected chi connectivity index (χ3v) is 7.99. The Balaban J connectivity index is 1.20. The van der Waals surface area contributed by atoms with Gasteiger partial charge >= 0.3 is 6.03 Å². The number of hydrogen-bond acceptors (Lipinski definition) is 3. The highest BCUT2D eigenvalue weighted by Gasteiger charge is 2.37. The lowest BCUT2D eigenvalue weighted by molar-refractivity contribution is 0.0900. The molecule has 2 heterocycles. The molecule has 5 rings (SSSR count). The summed E-state index contributed by atoms with van der Waals surface area (Å²) in [6, 6.07) is 14.8. The Bertz CT molecular complexity index is 1020. The number of amides is 2. The van der Waals surface area contributed by atoms with Gasteiger partial charge in [-0.15, -0.1) is 0 Å². The highest BCUT2D eigenvalue weighted by atomic mass is 19.1. The molecule has 34 heavy (non-hydrogen) atoms. The van der Waals surface area contributed by atoms with E-state index in [0.717, 1.165) is 58.8 Å². The first-order chi connectivity index (χ1) is 16.4. The van der Waals surface area contributed by atoms with Crippen LogP contribution in [0.5, 0.6) is 0 Å². The van der Waals surface area contributed by atoms with Gasteiger partial charge in [0.25, 0.3) is 0 Å². The zero-order chi connectivity index (χ0) is 23.8. The highest BCUT2D eigenvalue weighted by Crippen LogP contribution is 2.47. The van der Waals surface area contributed by atoms with Crippen LogP contribution in [0.2, 0.25) is 0 Å². The van der Waals surface area contributed by atoms with Gasteiger partial charge in [0.05, 0.1) is 0 Å². The fraction of sp³-hybridized carbons (Fsp3) is 0.536. The molecule has 0 saturated carbocycles. The molecule has 2 amide bonds. The molecule has 2 aromatic carbocycles. The smallest absolute Gasteiger partial charge is 0.320 e. The van der Waals surface area contributed by atoms with Crippen molar-refractivity contribution in [1.82, 2.24) is 19.6 Å². The number of piperazine rings is 1. The van der Waals surface area contributed by atoms with Crippen LogP contribution in [-0.2, 0) is 0 Å². The van der Waals surface area contributed by atoms with Crippen molar-refractivity contribution in [3.8, 4) is 0 Å². The van der Waals surface area contributed by atoms with Crippen molar-refractivity contribution in [1.29, 1.82) is 0 Å². The molecule has 1 aliphatic carbocycles. The number of carbonyl (C=O) groups is 1. The Kier molecular flexibility index (Phi) is 6.63. The summed E-state index contributed by atoms with van der Waals surface area (Å²) in [4.78, 5) is 21.7. The van der Waals surface area contributed by atoms with Crippen LogP contribution >= 0.6 is 0 Å². The monoisotopic (exact) mass is 464 g/mol. The summed E-state index contributed by atoms with van der Waals surface area (Å²) >= 11 is 0. The Labute approximate surface area is 203 Å². The number of benzene rings is 2. The van der Waals surface area contributed by atoms with Gasteiger partial charge in [-0.05, 0) is 56.0 Å². The Morgan fingerprint density at radius 1 is 0.912 bits per heavy atom. The molecular formula is C28H37FN4O. The number of urea groups is 1. The van der Waals surface area contributed by atoms with E-state index in [4.69, 9.17) is 0 Å². The molecule has 2 saturated heterocycles. The van der Waals surface area contributed by atoms with Crippen LogP contribution in [0.25, 0.3) is 0 Å². The Morgan fingerprint density at radius 2 is 1.65 bits per heavy atom. The SMILES string of the molecule is Cc1ccc2c(c1)C(c1ccc(F)cc1)CC2N1CCN(CCN2CCN(C(C)C)C2=O)CC1. The minimum absolute atomic E-state index is 0.175. The van der Waals surface area contributed by atoms with Gasteiger partial charge in [-0.1, -0.05) is 35.9 Å². The second-order valence-electron chi connectivity index (χ2n) is 10.4. The zero-order valence-corrected chi connectivity index (χ0v) is 20.7. The zero-order valence-electron chi connectivity index (χ0n) is 20.7. The number of carbonyl (C=O) groups excluding carboxylic acids is 1. The van der Waals surface area contributed by atoms with Crippen molar-refractivity contribution in [3.05, 3.63) is 70.5 Å². The standard InChI is InChI=1S/C28H37FN4O/c1-20(2)33-17-16-32(28(33)34)15-12-30-10-13-31(14-11-30)27-19-25(22-5-7-23(29)8-6-22)26-18-21(3)4-9-24(26)27/h4-9,18,20,25,27H,10-17,19H2,1-3H3. The number of nitrogens with zero attached hydrogens (tertiary/aromatic N) is 4. The van der Waals surface area contributed by atoms with Gasteiger partial charge in [0.1, 0.15) is 5.82 Å². The molecule has 0 aromatic heterocycles. The van der Waals surface area contributed by atoms with E-state index in [1.165, 1.54) is 22.3 Å². The van der Waals surface area contributed by atoms with Gasteiger partial charge in [0.2, 0.25) is 0 Å². The molecule has 182 valence electrons. The predicted octanol–water partition coefficient (Wildman–Crippen LogP) is 4.47. The van der Waals surface area contributed by atoms with Crippen molar-refractivity contribution >= 4 is 6.03 Å². The Morgan fingerprint density at radius 3 is 2.32 bits per heavy atom. The number of aryl methyl sites for hydroxylation is 1. The number of fused-ring (bicyclic) bond motifs is 1. The summed E-state index contributed by atoms with van der Waals surface area (Å²) in [5, 5.41) is 0. The second-order valence-corrected chi connectivity index (χ2v) is 10.4. The molecule has 2 unspecified atom stereocenters. The van der Waals surface area contributed by atoms with E-state index in [2.05, 4.69) is 48.8 Å². The molecule has 0 bridgehead atoms. The van der Waals surface area contributed by atoms with E-state index in [0.29, 0.717) is 12.0 Å². The summed E-state index contributed by atoms with van der Waals surface area (Å²) in [6.45, 7) is 13.9. The largest absolute Gasteiger partial charge is 0.322 e. The van der Waals surface area contributed by atoms with E-state index in [1.54, 1.807) is 12.1 Å². The van der Waals surface area contributed by atoms with Gasteiger partial charge in [0, 0.05) is 70.4 Å². The van der Waals surface area contributed by atoms with E-state index in [-0.39, 0.29) is 17.9 Å². The number of hydrogen-bond donors (Lipinski definition) is 0. The van der Waals surface area contributed by atoms with Crippen LogP contribution in [-0.4, -0.2) is 84.0 Å². The second kappa shape index (κ2) is 9.67. The Hall–Kier alpha value is -2.44. The predicted molar refractivity (Wildman–Crippen MR) is 134 cm³/mol. The summed E-state index contributed by atoms with van der Waals surface area (Å²) in [6.07, 6.45) is 1.05. The van der Waals surface area contributed by atoms with Crippen LogP contribution in [0.15, 0.2) is 42.5 Å². The maximum Gasteiger partial charge on any atom is 0.320 e. The number of rotatable bonds is 6. The highest BCUT2D eigenvalue weighted by molar-refractivity contribution is 5.76. The lowest BCUT2D eigenvalue weighted by atomic mass is 9.92. The topological polar surface area (TPSA) is 30.0 Å². The van der Waals surface area contributed by atoms with Crippen molar-refractivity contribution < 1.29 is 9.18 Å². The van der Waals surface area contributed by atoms with E-state index in [9.17, 15) is 9.18 Å². The van der Waals surface area contributed by atoms with Crippen molar-refractivity contribution in [3.63, 3.8) is 0 Å². The van der Waals surface area contributed by atoms with Gasteiger partial charge < -0.3 is 9.80 Å². The molecule has 0 N–H and O–H groups in total. The van der Waals surface area contributed by atoms with Gasteiger partial charge in [0.15, 0.2) is 0 Å².